The standard InChI is InChI=1S/C16H12BrN3S/c17-14-9-5-4-8-13(14)10-18-20-16-19-15(11-21-16)12-6-2-1-3-7-12/h1-11H,(H,19,20)/b18-10+. The van der Waals surface area contributed by atoms with Crippen LogP contribution in [0.3, 0.4) is 0 Å². The second-order valence-electron chi connectivity index (χ2n) is 4.30. The van der Waals surface area contributed by atoms with Crippen molar-refractivity contribution in [1.29, 1.82) is 0 Å². The molecule has 0 aliphatic rings. The number of rotatable bonds is 4. The molecule has 0 fully saturated rings. The normalized spacial score (nSPS) is 10.9. The number of hydrazone groups is 1. The van der Waals surface area contributed by atoms with Gasteiger partial charge in [-0.2, -0.15) is 5.10 Å². The molecule has 3 aromatic rings. The largest absolute Gasteiger partial charge is 0.253 e. The SMILES string of the molecule is Brc1ccccc1/C=N/Nc1nc(-c2ccccc2)cs1. The van der Waals surface area contributed by atoms with Gasteiger partial charge in [0.1, 0.15) is 0 Å². The van der Waals surface area contributed by atoms with Crippen molar-refractivity contribution in [1.82, 2.24) is 4.98 Å². The van der Waals surface area contributed by atoms with Crippen molar-refractivity contribution < 1.29 is 0 Å². The van der Waals surface area contributed by atoms with E-state index in [0.717, 1.165) is 26.4 Å². The van der Waals surface area contributed by atoms with Crippen LogP contribution < -0.4 is 5.43 Å². The van der Waals surface area contributed by atoms with Crippen molar-refractivity contribution in [3.63, 3.8) is 0 Å². The van der Waals surface area contributed by atoms with Crippen LogP contribution in [0.1, 0.15) is 5.56 Å². The summed E-state index contributed by atoms with van der Waals surface area (Å²) < 4.78 is 1.01. The third kappa shape index (κ3) is 3.56. The quantitative estimate of drug-likeness (QED) is 0.525. The molecule has 0 bridgehead atoms. The Hall–Kier alpha value is -1.98. The van der Waals surface area contributed by atoms with E-state index in [1.54, 1.807) is 6.21 Å². The first-order valence-electron chi connectivity index (χ1n) is 6.37. The topological polar surface area (TPSA) is 37.3 Å². The maximum Gasteiger partial charge on any atom is 0.203 e. The molecule has 5 heteroatoms. The highest BCUT2D eigenvalue weighted by atomic mass is 79.9. The summed E-state index contributed by atoms with van der Waals surface area (Å²) in [6, 6.07) is 18.0. The van der Waals surface area contributed by atoms with Gasteiger partial charge in [0, 0.05) is 21.0 Å². The molecular formula is C16H12BrN3S. The molecule has 0 aliphatic carbocycles. The number of nitrogens with zero attached hydrogens (tertiary/aromatic N) is 2. The molecule has 0 aliphatic heterocycles. The molecule has 1 N–H and O–H groups in total. The Kier molecular flexibility index (Phi) is 4.43. The van der Waals surface area contributed by atoms with Crippen molar-refractivity contribution in [3.05, 3.63) is 70.0 Å². The molecule has 0 atom stereocenters. The first kappa shape index (κ1) is 14.0. The van der Waals surface area contributed by atoms with Crippen molar-refractivity contribution in [3.8, 4) is 11.3 Å². The highest BCUT2D eigenvalue weighted by Gasteiger charge is 2.02. The lowest BCUT2D eigenvalue weighted by Gasteiger charge is -1.97. The molecule has 0 saturated carbocycles. The second kappa shape index (κ2) is 6.65. The van der Waals surface area contributed by atoms with Crippen LogP contribution in [-0.2, 0) is 0 Å². The second-order valence-corrected chi connectivity index (χ2v) is 6.01. The predicted molar refractivity (Wildman–Crippen MR) is 92.9 cm³/mol. The van der Waals surface area contributed by atoms with Gasteiger partial charge in [0.25, 0.3) is 0 Å². The Balaban J connectivity index is 1.70. The fraction of sp³-hybridized carbons (Fsp3) is 0. The van der Waals surface area contributed by atoms with Gasteiger partial charge in [-0.15, -0.1) is 11.3 Å². The van der Waals surface area contributed by atoms with E-state index in [1.807, 2.05) is 60.0 Å². The lowest BCUT2D eigenvalue weighted by atomic mass is 10.2. The van der Waals surface area contributed by atoms with Crippen LogP contribution in [0.5, 0.6) is 0 Å². The molecule has 3 nitrogen and oxygen atoms in total. The molecule has 1 aromatic heterocycles. The van der Waals surface area contributed by atoms with E-state index in [4.69, 9.17) is 0 Å². The number of nitrogens with one attached hydrogen (secondary N) is 1. The maximum atomic E-state index is 4.52. The van der Waals surface area contributed by atoms with Crippen LogP contribution in [0.25, 0.3) is 11.3 Å². The van der Waals surface area contributed by atoms with Gasteiger partial charge in [0.05, 0.1) is 11.9 Å². The van der Waals surface area contributed by atoms with Crippen molar-refractivity contribution >= 4 is 38.6 Å². The number of anilines is 1. The summed E-state index contributed by atoms with van der Waals surface area (Å²) in [5.41, 5.74) is 6.05. The molecule has 0 radical (unpaired) electrons. The van der Waals surface area contributed by atoms with Gasteiger partial charge in [-0.3, -0.25) is 5.43 Å². The summed E-state index contributed by atoms with van der Waals surface area (Å²) in [6.07, 6.45) is 1.77. The Morgan fingerprint density at radius 1 is 1.05 bits per heavy atom. The number of halogens is 1. The summed E-state index contributed by atoms with van der Waals surface area (Å²) in [4.78, 5) is 4.52. The van der Waals surface area contributed by atoms with E-state index in [9.17, 15) is 0 Å². The van der Waals surface area contributed by atoms with Crippen molar-refractivity contribution in [2.24, 2.45) is 5.10 Å². The van der Waals surface area contributed by atoms with Crippen molar-refractivity contribution in [2.75, 3.05) is 5.43 Å². The third-order valence-electron chi connectivity index (χ3n) is 2.84. The highest BCUT2D eigenvalue weighted by molar-refractivity contribution is 9.10. The summed E-state index contributed by atoms with van der Waals surface area (Å²) in [6.45, 7) is 0. The lowest BCUT2D eigenvalue weighted by Crippen LogP contribution is -1.90. The fourth-order valence-electron chi connectivity index (χ4n) is 1.80. The zero-order chi connectivity index (χ0) is 14.5. The lowest BCUT2D eigenvalue weighted by molar-refractivity contribution is 1.29. The van der Waals surface area contributed by atoms with E-state index in [0.29, 0.717) is 0 Å². The van der Waals surface area contributed by atoms with Crippen LogP contribution in [0, 0.1) is 0 Å². The van der Waals surface area contributed by atoms with Crippen LogP contribution in [-0.4, -0.2) is 11.2 Å². The van der Waals surface area contributed by atoms with Crippen LogP contribution in [0.2, 0.25) is 0 Å². The summed E-state index contributed by atoms with van der Waals surface area (Å²) in [5, 5.41) is 7.02. The molecule has 21 heavy (non-hydrogen) atoms. The zero-order valence-electron chi connectivity index (χ0n) is 11.0. The van der Waals surface area contributed by atoms with Crippen molar-refractivity contribution in [2.45, 2.75) is 0 Å². The average molecular weight is 358 g/mol. The molecule has 0 unspecified atom stereocenters. The maximum absolute atomic E-state index is 4.52. The van der Waals surface area contributed by atoms with E-state index < -0.39 is 0 Å². The van der Waals surface area contributed by atoms with Crippen LogP contribution in [0.4, 0.5) is 5.13 Å². The molecule has 0 amide bonds. The van der Waals surface area contributed by atoms with Gasteiger partial charge in [0.15, 0.2) is 0 Å². The minimum absolute atomic E-state index is 0.775. The van der Waals surface area contributed by atoms with Gasteiger partial charge < -0.3 is 0 Å². The Bertz CT molecular complexity index is 753. The van der Waals surface area contributed by atoms with Crippen LogP contribution in [0.15, 0.2) is 69.6 Å². The van der Waals surface area contributed by atoms with E-state index >= 15 is 0 Å². The number of aromatic nitrogens is 1. The zero-order valence-corrected chi connectivity index (χ0v) is 13.4. The molecule has 0 spiro atoms. The Morgan fingerprint density at radius 2 is 1.81 bits per heavy atom. The monoisotopic (exact) mass is 357 g/mol. The van der Waals surface area contributed by atoms with Crippen LogP contribution >= 0.6 is 27.3 Å². The Morgan fingerprint density at radius 3 is 2.62 bits per heavy atom. The van der Waals surface area contributed by atoms with Gasteiger partial charge in [0.2, 0.25) is 5.13 Å². The Labute approximate surface area is 135 Å². The van der Waals surface area contributed by atoms with Gasteiger partial charge in [-0.05, 0) is 6.07 Å². The fourth-order valence-corrected chi connectivity index (χ4v) is 2.86. The van der Waals surface area contributed by atoms with E-state index in [2.05, 4.69) is 31.4 Å². The number of thiazole rings is 1. The third-order valence-corrected chi connectivity index (χ3v) is 4.31. The number of hydrogen-bond donors (Lipinski definition) is 1. The summed E-state index contributed by atoms with van der Waals surface area (Å²) >= 11 is 5.02. The van der Waals surface area contributed by atoms with Gasteiger partial charge in [-0.1, -0.05) is 64.5 Å². The molecule has 0 saturated heterocycles. The molecule has 1 heterocycles. The minimum Gasteiger partial charge on any atom is -0.253 e. The molecular weight excluding hydrogens is 346 g/mol. The molecule has 3 rings (SSSR count). The van der Waals surface area contributed by atoms with Gasteiger partial charge in [-0.25, -0.2) is 4.98 Å². The smallest absolute Gasteiger partial charge is 0.203 e. The minimum atomic E-state index is 0.775. The van der Waals surface area contributed by atoms with E-state index in [1.165, 1.54) is 11.3 Å². The number of hydrogen-bond acceptors (Lipinski definition) is 4. The first-order chi connectivity index (χ1) is 10.3. The molecule has 104 valence electrons. The van der Waals surface area contributed by atoms with Gasteiger partial charge >= 0.3 is 0 Å². The summed E-state index contributed by atoms with van der Waals surface area (Å²) in [7, 11) is 0. The highest BCUT2D eigenvalue weighted by Crippen LogP contribution is 2.24. The van der Waals surface area contributed by atoms with E-state index in [-0.39, 0.29) is 0 Å². The number of benzene rings is 2. The first-order valence-corrected chi connectivity index (χ1v) is 8.05. The average Bonchev–Trinajstić information content (AvgIpc) is 2.99. The predicted octanol–water partition coefficient (Wildman–Crippen LogP) is 5.02. The molecule has 2 aromatic carbocycles. The summed E-state index contributed by atoms with van der Waals surface area (Å²) in [5.74, 6) is 0.